The number of likely N-dealkylation sites (N-methyl/N-ethyl adjacent to an activating group) is 1. The van der Waals surface area contributed by atoms with E-state index in [9.17, 15) is 14.5 Å². The van der Waals surface area contributed by atoms with E-state index < -0.39 is 4.92 Å². The fraction of sp³-hybridized carbons (Fsp3) is 0.778. The second-order valence-corrected chi connectivity index (χ2v) is 18.1. The summed E-state index contributed by atoms with van der Waals surface area (Å²) in [6, 6.07) is 4.58. The molecule has 1 saturated carbocycles. The van der Waals surface area contributed by atoms with E-state index in [1.807, 2.05) is 11.9 Å². The van der Waals surface area contributed by atoms with Crippen LogP contribution in [-0.4, -0.2) is 105 Å². The molecule has 3 aliphatic heterocycles. The van der Waals surface area contributed by atoms with Crippen molar-refractivity contribution >= 4 is 11.6 Å². The second-order valence-electron chi connectivity index (χ2n) is 18.1. The number of aromatic nitrogens is 3. The van der Waals surface area contributed by atoms with Crippen LogP contribution in [-0.2, 0) is 13.6 Å². The van der Waals surface area contributed by atoms with Crippen molar-refractivity contribution in [1.82, 2.24) is 24.3 Å². The lowest BCUT2D eigenvalue weighted by Gasteiger charge is -2.53. The van der Waals surface area contributed by atoms with E-state index in [1.165, 1.54) is 38.3 Å². The Balaban J connectivity index is 0.000000203. The van der Waals surface area contributed by atoms with Gasteiger partial charge in [-0.2, -0.15) is 0 Å². The molecule has 12 heteroatoms. The Kier molecular flexibility index (Phi) is 12.6. The third-order valence-electron chi connectivity index (χ3n) is 10.9. The Hall–Kier alpha value is -2.15. The van der Waals surface area contributed by atoms with E-state index in [1.54, 1.807) is 16.8 Å². The van der Waals surface area contributed by atoms with Gasteiger partial charge in [-0.3, -0.25) is 9.80 Å². The van der Waals surface area contributed by atoms with Crippen molar-refractivity contribution in [3.8, 4) is 0 Å². The highest BCUT2D eigenvalue weighted by molar-refractivity contribution is 5.42. The molecule has 0 aromatic carbocycles. The fourth-order valence-corrected chi connectivity index (χ4v) is 6.35. The number of hydrogen-bond donors (Lipinski definition) is 0. The first-order valence-electron chi connectivity index (χ1n) is 17.4. The predicted octanol–water partition coefficient (Wildman–Crippen LogP) is 3.22. The van der Waals surface area contributed by atoms with Gasteiger partial charge in [0.25, 0.3) is 0 Å². The molecule has 0 unspecified atom stereocenters. The number of rotatable bonds is 6. The maximum Gasteiger partial charge on any atom is 0.390 e. The minimum absolute atomic E-state index is 0. The van der Waals surface area contributed by atoms with Gasteiger partial charge in [0.2, 0.25) is 6.33 Å². The lowest BCUT2D eigenvalue weighted by Crippen LogP contribution is -3.00. The number of likely N-dealkylation sites (tertiary alicyclic amines) is 2. The molecule has 6 rings (SSSR count). The van der Waals surface area contributed by atoms with Gasteiger partial charge < -0.3 is 41.0 Å². The van der Waals surface area contributed by atoms with Gasteiger partial charge in [-0.05, 0) is 78.3 Å². The third kappa shape index (κ3) is 9.97. The first-order valence-corrected chi connectivity index (χ1v) is 17.4. The van der Waals surface area contributed by atoms with Gasteiger partial charge in [-0.15, -0.1) is 0 Å². The highest BCUT2D eigenvalue weighted by atomic mass is 79.9. The van der Waals surface area contributed by atoms with Crippen molar-refractivity contribution < 1.29 is 30.8 Å². The van der Waals surface area contributed by atoms with Crippen LogP contribution in [0.4, 0.5) is 16.0 Å². The average molecular weight is 738 g/mol. The van der Waals surface area contributed by atoms with E-state index >= 15 is 0 Å². The smallest absolute Gasteiger partial charge is 0.390 e. The van der Waals surface area contributed by atoms with Crippen molar-refractivity contribution in [2.75, 3.05) is 58.3 Å². The molecule has 0 spiro atoms. The maximum absolute atomic E-state index is 13.4. The number of quaternary nitrogens is 1. The highest BCUT2D eigenvalue weighted by Crippen LogP contribution is 2.40. The van der Waals surface area contributed by atoms with Gasteiger partial charge in [0.1, 0.15) is 12.6 Å². The molecule has 1 aliphatic carbocycles. The summed E-state index contributed by atoms with van der Waals surface area (Å²) < 4.78 is 15.9. The Labute approximate surface area is 299 Å². The van der Waals surface area contributed by atoms with Crippen LogP contribution >= 0.6 is 0 Å². The average Bonchev–Trinajstić information content (AvgIpc) is 3.58. The number of imidazole rings is 1. The summed E-state index contributed by atoms with van der Waals surface area (Å²) in [5.41, 5.74) is 1.74. The number of nitro groups is 1. The first-order chi connectivity index (χ1) is 21.6. The molecule has 272 valence electrons. The number of halogens is 2. The lowest BCUT2D eigenvalue weighted by atomic mass is 9.76. The molecular formula is C36H62BrFN8O2. The molecule has 4 aliphatic rings. The Morgan fingerprint density at radius 3 is 1.92 bits per heavy atom. The van der Waals surface area contributed by atoms with Crippen LogP contribution in [0.1, 0.15) is 80.8 Å². The summed E-state index contributed by atoms with van der Waals surface area (Å²) >= 11 is 0. The zero-order chi connectivity index (χ0) is 35.1. The molecule has 3 saturated heterocycles. The molecule has 10 nitrogen and oxygen atoms in total. The van der Waals surface area contributed by atoms with Gasteiger partial charge in [0, 0.05) is 51.0 Å². The monoisotopic (exact) mass is 736 g/mol. The third-order valence-corrected chi connectivity index (χ3v) is 10.9. The number of nitrogens with zero attached hydrogens (tertiary/aromatic N) is 8. The molecular weight excluding hydrogens is 675 g/mol. The summed E-state index contributed by atoms with van der Waals surface area (Å²) in [4.78, 5) is 25.7. The minimum Gasteiger partial charge on any atom is -1.00 e. The van der Waals surface area contributed by atoms with Crippen LogP contribution in [0.15, 0.2) is 24.7 Å². The van der Waals surface area contributed by atoms with E-state index in [4.69, 9.17) is 0 Å². The van der Waals surface area contributed by atoms with Crippen LogP contribution in [0.2, 0.25) is 0 Å². The Morgan fingerprint density at radius 1 is 0.917 bits per heavy atom. The SMILES string of the molecule is CC(C)(C)C1CN(C2CC2)C1.CC(C)(C)C1CN(c2ncccc2F)C1.Cn1cnc([N+](=O)[O-])c1C[N+](C)(C)C1CN(C(C)(C)C)C1.[Br-]. The van der Waals surface area contributed by atoms with Gasteiger partial charge in [-0.1, -0.05) is 41.5 Å². The maximum atomic E-state index is 13.4. The van der Waals surface area contributed by atoms with E-state index in [0.29, 0.717) is 40.8 Å². The summed E-state index contributed by atoms with van der Waals surface area (Å²) in [6.45, 7) is 27.7. The molecule has 0 amide bonds. The topological polar surface area (TPSA) is 83.6 Å². The van der Waals surface area contributed by atoms with E-state index in [-0.39, 0.29) is 34.2 Å². The molecule has 4 fully saturated rings. The number of pyridine rings is 1. The van der Waals surface area contributed by atoms with Crippen molar-refractivity contribution in [2.45, 2.75) is 99.3 Å². The molecule has 48 heavy (non-hydrogen) atoms. The van der Waals surface area contributed by atoms with Crippen LogP contribution in [0.3, 0.4) is 0 Å². The van der Waals surface area contributed by atoms with E-state index in [0.717, 1.165) is 42.6 Å². The summed E-state index contributed by atoms with van der Waals surface area (Å²) in [5, 5.41) is 11.1. The van der Waals surface area contributed by atoms with E-state index in [2.05, 4.69) is 96.2 Å². The minimum atomic E-state index is -0.391. The van der Waals surface area contributed by atoms with Crippen molar-refractivity contribution in [2.24, 2.45) is 29.7 Å². The summed E-state index contributed by atoms with van der Waals surface area (Å²) in [6.07, 6.45) is 6.10. The van der Waals surface area contributed by atoms with Crippen LogP contribution in [0, 0.1) is 38.6 Å². The van der Waals surface area contributed by atoms with Crippen molar-refractivity contribution in [1.29, 1.82) is 0 Å². The second kappa shape index (κ2) is 15.0. The summed E-state index contributed by atoms with van der Waals surface area (Å²) in [5.74, 6) is 1.86. The van der Waals surface area contributed by atoms with Gasteiger partial charge in [-0.25, -0.2) is 9.37 Å². The summed E-state index contributed by atoms with van der Waals surface area (Å²) in [7, 11) is 6.10. The van der Waals surface area contributed by atoms with Crippen LogP contribution < -0.4 is 21.9 Å². The van der Waals surface area contributed by atoms with Gasteiger partial charge in [0.15, 0.2) is 17.3 Å². The van der Waals surface area contributed by atoms with Crippen molar-refractivity contribution in [3.05, 3.63) is 46.3 Å². The predicted molar refractivity (Wildman–Crippen MR) is 188 cm³/mol. The van der Waals surface area contributed by atoms with Crippen molar-refractivity contribution in [3.63, 3.8) is 0 Å². The number of aryl methyl sites for hydroxylation is 1. The first kappa shape index (κ1) is 40.3. The quantitative estimate of drug-likeness (QED) is 0.256. The number of hydrogen-bond acceptors (Lipinski definition) is 7. The molecule has 5 heterocycles. The van der Waals surface area contributed by atoms with Crippen LogP contribution in [0.5, 0.6) is 0 Å². The standard InChI is InChI=1S/C14H26N5O2.C12H17FN2.C10H19N.BrH/c1-14(2,3)17-7-11(8-17)19(5,6)9-12-13(18(20)21)15-10-16(12)4;1-12(2,3)9-7-15(8-9)11-10(13)5-4-6-14-11;1-10(2,3)8-6-11(7-8)9-4-5-9;/h10-11H,7-9H2,1-6H3;4-6,9H,7-8H2,1-3H3;8-9H,4-7H2,1-3H3;1H/q+1;;;/p-1. The molecule has 2 aromatic rings. The molecule has 0 bridgehead atoms. The van der Waals surface area contributed by atoms with Crippen LogP contribution in [0.25, 0.3) is 0 Å². The molecule has 0 atom stereocenters. The lowest BCUT2D eigenvalue weighted by molar-refractivity contribution is -0.933. The molecule has 2 aromatic heterocycles. The Bertz CT molecular complexity index is 1360. The zero-order valence-electron chi connectivity index (χ0n) is 31.6. The zero-order valence-corrected chi connectivity index (χ0v) is 33.2. The molecule has 0 N–H and O–H groups in total. The number of anilines is 1. The van der Waals surface area contributed by atoms with Gasteiger partial charge in [0.05, 0.1) is 27.2 Å². The fourth-order valence-electron chi connectivity index (χ4n) is 6.35. The molecule has 0 radical (unpaired) electrons. The largest absolute Gasteiger partial charge is 1.00 e. The Morgan fingerprint density at radius 2 is 1.46 bits per heavy atom. The normalized spacial score (nSPS) is 19.9. The van der Waals surface area contributed by atoms with Gasteiger partial charge >= 0.3 is 5.82 Å². The highest BCUT2D eigenvalue weighted by Gasteiger charge is 2.45.